The molecular weight excluding hydrogens is 194 g/mol. The third kappa shape index (κ3) is 13.0. The van der Waals surface area contributed by atoms with Gasteiger partial charge in [0.05, 0.1) is 6.07 Å². The molecule has 0 aliphatic heterocycles. The molecule has 0 unspecified atom stereocenters. The zero-order chi connectivity index (χ0) is 11.9. The van der Waals surface area contributed by atoms with Crippen LogP contribution in [0.15, 0.2) is 24.3 Å². The molecule has 0 rings (SSSR count). The summed E-state index contributed by atoms with van der Waals surface area (Å²) in [6, 6.07) is 2.02. The highest BCUT2D eigenvalue weighted by Crippen LogP contribution is 2.10. The third-order valence-corrected chi connectivity index (χ3v) is 2.67. The normalized spacial score (nSPS) is 11.2. The van der Waals surface area contributed by atoms with Crippen LogP contribution in [-0.4, -0.2) is 0 Å². The van der Waals surface area contributed by atoms with Crippen LogP contribution in [0.2, 0.25) is 0 Å². The summed E-state index contributed by atoms with van der Waals surface area (Å²) < 4.78 is 0. The molecule has 16 heavy (non-hydrogen) atoms. The monoisotopic (exact) mass is 219 g/mol. The second kappa shape index (κ2) is 14.0. The SMILES string of the molecule is C/C=C/CCCCCCCCC/C=C/C#N. The summed E-state index contributed by atoms with van der Waals surface area (Å²) in [5.74, 6) is 0. The third-order valence-electron chi connectivity index (χ3n) is 2.67. The van der Waals surface area contributed by atoms with Crippen LogP contribution in [0.1, 0.15) is 64.7 Å². The molecule has 0 radical (unpaired) electrons. The van der Waals surface area contributed by atoms with Gasteiger partial charge in [0.1, 0.15) is 0 Å². The Morgan fingerprint density at radius 3 is 1.81 bits per heavy atom. The fraction of sp³-hybridized carbons (Fsp3) is 0.667. The first-order valence-corrected chi connectivity index (χ1v) is 6.57. The van der Waals surface area contributed by atoms with Crippen molar-refractivity contribution in [2.24, 2.45) is 0 Å². The Morgan fingerprint density at radius 2 is 1.31 bits per heavy atom. The van der Waals surface area contributed by atoms with Crippen molar-refractivity contribution in [1.29, 1.82) is 5.26 Å². The molecule has 0 fully saturated rings. The Kier molecular flexibility index (Phi) is 13.1. The fourth-order valence-corrected chi connectivity index (χ4v) is 1.71. The molecular formula is C15H25N. The van der Waals surface area contributed by atoms with Gasteiger partial charge >= 0.3 is 0 Å². The Balaban J connectivity index is 2.99. The molecule has 1 heteroatoms. The van der Waals surface area contributed by atoms with E-state index < -0.39 is 0 Å². The van der Waals surface area contributed by atoms with E-state index in [1.165, 1.54) is 51.4 Å². The topological polar surface area (TPSA) is 23.8 Å². The van der Waals surface area contributed by atoms with E-state index in [-0.39, 0.29) is 0 Å². The van der Waals surface area contributed by atoms with Crippen LogP contribution in [0.4, 0.5) is 0 Å². The van der Waals surface area contributed by atoms with Gasteiger partial charge in [-0.2, -0.15) is 5.26 Å². The van der Waals surface area contributed by atoms with Gasteiger partial charge in [0.25, 0.3) is 0 Å². The Bertz CT molecular complexity index is 220. The van der Waals surface area contributed by atoms with E-state index in [1.54, 1.807) is 6.08 Å². The minimum atomic E-state index is 1.06. The first-order valence-electron chi connectivity index (χ1n) is 6.57. The molecule has 90 valence electrons. The molecule has 0 amide bonds. The van der Waals surface area contributed by atoms with Gasteiger partial charge in [-0.25, -0.2) is 0 Å². The smallest absolute Gasteiger partial charge is 0.0908 e. The molecule has 0 aromatic rings. The van der Waals surface area contributed by atoms with Crippen LogP contribution in [0, 0.1) is 11.3 Å². The van der Waals surface area contributed by atoms with E-state index >= 15 is 0 Å². The van der Waals surface area contributed by atoms with Crippen LogP contribution in [0.25, 0.3) is 0 Å². The Morgan fingerprint density at radius 1 is 0.812 bits per heavy atom. The lowest BCUT2D eigenvalue weighted by molar-refractivity contribution is 0.583. The zero-order valence-corrected chi connectivity index (χ0v) is 10.6. The standard InChI is InChI=1S/C15H25N/c1-2-3-4-5-6-7-8-9-10-11-12-13-14-15-16/h2-3,13-14H,4-12H2,1H3/b3-2+,14-13+. The molecule has 0 aromatic carbocycles. The lowest BCUT2D eigenvalue weighted by atomic mass is 10.1. The van der Waals surface area contributed by atoms with Crippen molar-refractivity contribution in [2.75, 3.05) is 0 Å². The molecule has 0 N–H and O–H groups in total. The molecule has 0 saturated carbocycles. The highest BCUT2D eigenvalue weighted by atomic mass is 14.2. The van der Waals surface area contributed by atoms with E-state index in [0.29, 0.717) is 0 Å². The number of nitriles is 1. The van der Waals surface area contributed by atoms with Gasteiger partial charge in [0, 0.05) is 6.08 Å². The summed E-state index contributed by atoms with van der Waals surface area (Å²) in [6.45, 7) is 2.08. The van der Waals surface area contributed by atoms with Gasteiger partial charge in [0.2, 0.25) is 0 Å². The minimum absolute atomic E-state index is 1.06. The average Bonchev–Trinajstić information content (AvgIpc) is 2.31. The molecule has 0 spiro atoms. The summed E-state index contributed by atoms with van der Waals surface area (Å²) in [4.78, 5) is 0. The number of rotatable bonds is 10. The number of nitrogens with zero attached hydrogens (tertiary/aromatic N) is 1. The molecule has 0 aliphatic rings. The quantitative estimate of drug-likeness (QED) is 0.283. The summed E-state index contributed by atoms with van der Waals surface area (Å²) >= 11 is 0. The lowest BCUT2D eigenvalue weighted by Gasteiger charge is -1.99. The van der Waals surface area contributed by atoms with Crippen LogP contribution in [0.3, 0.4) is 0 Å². The Hall–Kier alpha value is -1.03. The van der Waals surface area contributed by atoms with Crippen molar-refractivity contribution in [3.63, 3.8) is 0 Å². The summed E-state index contributed by atoms with van der Waals surface area (Å²) in [6.07, 6.45) is 19.6. The van der Waals surface area contributed by atoms with E-state index in [0.717, 1.165) is 6.42 Å². The van der Waals surface area contributed by atoms with E-state index in [1.807, 2.05) is 12.1 Å². The Labute approximate surface area is 101 Å². The summed E-state index contributed by atoms with van der Waals surface area (Å²) in [5, 5.41) is 8.29. The van der Waals surface area contributed by atoms with Crippen LogP contribution >= 0.6 is 0 Å². The first-order chi connectivity index (χ1) is 7.91. The predicted octanol–water partition coefficient (Wildman–Crippen LogP) is 5.15. The van der Waals surface area contributed by atoms with Crippen molar-refractivity contribution in [2.45, 2.75) is 64.7 Å². The molecule has 0 heterocycles. The maximum Gasteiger partial charge on any atom is 0.0908 e. The fourth-order valence-electron chi connectivity index (χ4n) is 1.71. The van der Waals surface area contributed by atoms with Gasteiger partial charge in [0.15, 0.2) is 0 Å². The summed E-state index contributed by atoms with van der Waals surface area (Å²) in [7, 11) is 0. The first kappa shape index (κ1) is 15.0. The van der Waals surface area contributed by atoms with E-state index in [2.05, 4.69) is 19.1 Å². The van der Waals surface area contributed by atoms with Crippen molar-refractivity contribution in [3.8, 4) is 6.07 Å². The van der Waals surface area contributed by atoms with Crippen molar-refractivity contribution >= 4 is 0 Å². The highest BCUT2D eigenvalue weighted by Gasteiger charge is 1.90. The van der Waals surface area contributed by atoms with Gasteiger partial charge in [-0.1, -0.05) is 50.3 Å². The van der Waals surface area contributed by atoms with Gasteiger partial charge in [-0.15, -0.1) is 0 Å². The molecule has 0 bridgehead atoms. The number of allylic oxidation sites excluding steroid dienone is 4. The average molecular weight is 219 g/mol. The molecule has 0 aliphatic carbocycles. The van der Waals surface area contributed by atoms with Crippen molar-refractivity contribution in [1.82, 2.24) is 0 Å². The predicted molar refractivity (Wildman–Crippen MR) is 71.1 cm³/mol. The van der Waals surface area contributed by atoms with Crippen LogP contribution < -0.4 is 0 Å². The lowest BCUT2D eigenvalue weighted by Crippen LogP contribution is -1.80. The molecule has 0 atom stereocenters. The van der Waals surface area contributed by atoms with Crippen LogP contribution in [-0.2, 0) is 0 Å². The van der Waals surface area contributed by atoms with Crippen LogP contribution in [0.5, 0.6) is 0 Å². The zero-order valence-electron chi connectivity index (χ0n) is 10.6. The number of unbranched alkanes of at least 4 members (excludes halogenated alkanes) is 8. The number of hydrogen-bond donors (Lipinski definition) is 0. The second-order valence-corrected chi connectivity index (χ2v) is 4.15. The van der Waals surface area contributed by atoms with Crippen molar-refractivity contribution < 1.29 is 0 Å². The van der Waals surface area contributed by atoms with E-state index in [4.69, 9.17) is 5.26 Å². The minimum Gasteiger partial charge on any atom is -0.193 e. The van der Waals surface area contributed by atoms with Gasteiger partial charge < -0.3 is 0 Å². The van der Waals surface area contributed by atoms with Crippen molar-refractivity contribution in [3.05, 3.63) is 24.3 Å². The molecule has 0 saturated heterocycles. The van der Waals surface area contributed by atoms with Gasteiger partial charge in [-0.05, 0) is 32.6 Å². The highest BCUT2D eigenvalue weighted by molar-refractivity contribution is 5.01. The summed E-state index contributed by atoms with van der Waals surface area (Å²) in [5.41, 5.74) is 0. The molecule has 0 aromatic heterocycles. The second-order valence-electron chi connectivity index (χ2n) is 4.15. The van der Waals surface area contributed by atoms with E-state index in [9.17, 15) is 0 Å². The molecule has 1 nitrogen and oxygen atoms in total. The maximum atomic E-state index is 8.29. The van der Waals surface area contributed by atoms with Gasteiger partial charge in [-0.3, -0.25) is 0 Å². The largest absolute Gasteiger partial charge is 0.193 e. The maximum absolute atomic E-state index is 8.29. The number of hydrogen-bond acceptors (Lipinski definition) is 1.